The first-order valence-electron chi connectivity index (χ1n) is 3.95. The van der Waals surface area contributed by atoms with E-state index >= 15 is 0 Å². The normalized spacial score (nSPS) is 17.7. The van der Waals surface area contributed by atoms with E-state index in [4.69, 9.17) is 0 Å². The molecule has 0 aliphatic heterocycles. The summed E-state index contributed by atoms with van der Waals surface area (Å²) in [6.45, 7) is 7.83. The summed E-state index contributed by atoms with van der Waals surface area (Å²) in [5.41, 5.74) is 0.949. The lowest BCUT2D eigenvalue weighted by atomic mass is 10.2. The number of hydrogen-bond acceptors (Lipinski definition) is 1. The van der Waals surface area contributed by atoms with E-state index in [0.29, 0.717) is 0 Å². The molecule has 0 aliphatic carbocycles. The molecule has 56 valence electrons. The predicted octanol–water partition coefficient (Wildman–Crippen LogP) is 0.548. The third kappa shape index (κ3) is 3.70. The van der Waals surface area contributed by atoms with E-state index < -0.39 is 0 Å². The summed E-state index contributed by atoms with van der Waals surface area (Å²) in [5.74, 6) is 0. The van der Waals surface area contributed by atoms with Crippen LogP contribution in [0.15, 0.2) is 0 Å². The lowest BCUT2D eigenvalue weighted by Gasteiger charge is -2.18. The van der Waals surface area contributed by atoms with Crippen molar-refractivity contribution in [3.05, 3.63) is 0 Å². The summed E-state index contributed by atoms with van der Waals surface area (Å²) < 4.78 is 0. The van der Waals surface area contributed by atoms with Crippen molar-refractivity contribution in [2.75, 3.05) is 6.54 Å². The van der Waals surface area contributed by atoms with Crippen LogP contribution in [0.2, 0.25) is 5.54 Å². The van der Waals surface area contributed by atoms with Gasteiger partial charge < -0.3 is 5.32 Å². The smallest absolute Gasteiger partial charge is 0.00868 e. The molecule has 0 aromatic carbocycles. The molecule has 0 saturated carbocycles. The van der Waals surface area contributed by atoms with Gasteiger partial charge in [-0.15, -0.1) is 0 Å². The van der Waals surface area contributed by atoms with Crippen molar-refractivity contribution >= 4 is 10.2 Å². The molecule has 0 radical (unpaired) electrons. The number of hydrogen-bond donors (Lipinski definition) is 1. The lowest BCUT2D eigenvalue weighted by Crippen LogP contribution is -2.29. The van der Waals surface area contributed by atoms with Gasteiger partial charge in [0, 0.05) is 16.3 Å². The Labute approximate surface area is 61.6 Å². The van der Waals surface area contributed by atoms with Crippen LogP contribution in [0, 0.1) is 0 Å². The van der Waals surface area contributed by atoms with Crippen LogP contribution in [0.5, 0.6) is 0 Å². The first kappa shape index (κ1) is 9.18. The maximum atomic E-state index is 3.43. The molecule has 0 saturated heterocycles. The van der Waals surface area contributed by atoms with Crippen LogP contribution in [-0.4, -0.2) is 22.8 Å². The van der Waals surface area contributed by atoms with E-state index in [1.54, 1.807) is 0 Å². The number of nitrogens with one attached hydrogen (secondary N) is 1. The fourth-order valence-corrected chi connectivity index (χ4v) is 1.11. The van der Waals surface area contributed by atoms with Gasteiger partial charge in [0.1, 0.15) is 0 Å². The second kappa shape index (κ2) is 5.00. The first-order valence-corrected chi connectivity index (χ1v) is 5.11. The second-order valence-electron chi connectivity index (χ2n) is 2.73. The SMILES string of the molecule is CCNC(C)C([SiH3])CC. The van der Waals surface area contributed by atoms with Crippen LogP contribution < -0.4 is 5.32 Å². The van der Waals surface area contributed by atoms with E-state index in [1.807, 2.05) is 0 Å². The van der Waals surface area contributed by atoms with Gasteiger partial charge >= 0.3 is 0 Å². The van der Waals surface area contributed by atoms with Crippen LogP contribution in [-0.2, 0) is 0 Å². The van der Waals surface area contributed by atoms with E-state index in [1.165, 1.54) is 16.7 Å². The Kier molecular flexibility index (Phi) is 5.10. The van der Waals surface area contributed by atoms with Crippen LogP contribution >= 0.6 is 0 Å². The zero-order valence-electron chi connectivity index (χ0n) is 7.07. The van der Waals surface area contributed by atoms with Crippen LogP contribution in [0.3, 0.4) is 0 Å². The van der Waals surface area contributed by atoms with Crippen molar-refractivity contribution < 1.29 is 0 Å². The lowest BCUT2D eigenvalue weighted by molar-refractivity contribution is 0.524. The standard InChI is InChI=1S/C7H19NSi/c1-4-7(9)6(3)8-5-2/h6-8H,4-5H2,1-3,9H3. The maximum absolute atomic E-state index is 3.43. The molecule has 0 aromatic heterocycles. The Morgan fingerprint density at radius 2 is 2.00 bits per heavy atom. The summed E-state index contributed by atoms with van der Waals surface area (Å²) in [5, 5.41) is 3.43. The number of rotatable bonds is 4. The van der Waals surface area contributed by atoms with Gasteiger partial charge in [-0.05, 0) is 19.0 Å². The van der Waals surface area contributed by atoms with Crippen molar-refractivity contribution in [1.82, 2.24) is 5.32 Å². The molecule has 0 heterocycles. The van der Waals surface area contributed by atoms with Gasteiger partial charge in [0.15, 0.2) is 0 Å². The van der Waals surface area contributed by atoms with Crippen molar-refractivity contribution in [3.63, 3.8) is 0 Å². The second-order valence-corrected chi connectivity index (χ2v) is 4.22. The molecule has 1 nitrogen and oxygen atoms in total. The highest BCUT2D eigenvalue weighted by Gasteiger charge is 2.06. The Balaban J connectivity index is 3.32. The highest BCUT2D eigenvalue weighted by molar-refractivity contribution is 6.12. The molecule has 0 aliphatic rings. The average Bonchev–Trinajstić information content (AvgIpc) is 1.87. The molecular weight excluding hydrogens is 126 g/mol. The third-order valence-corrected chi connectivity index (χ3v) is 3.84. The molecule has 2 atom stereocenters. The van der Waals surface area contributed by atoms with Gasteiger partial charge in [-0.1, -0.05) is 20.3 Å². The minimum Gasteiger partial charge on any atom is -0.315 e. The summed E-state index contributed by atoms with van der Waals surface area (Å²) in [4.78, 5) is 0. The van der Waals surface area contributed by atoms with E-state index in [-0.39, 0.29) is 0 Å². The Morgan fingerprint density at radius 3 is 2.33 bits per heavy atom. The summed E-state index contributed by atoms with van der Waals surface area (Å²) in [6, 6.07) is 0.742. The molecule has 2 unspecified atom stereocenters. The molecule has 0 aromatic rings. The van der Waals surface area contributed by atoms with Crippen LogP contribution in [0.1, 0.15) is 27.2 Å². The van der Waals surface area contributed by atoms with E-state index in [2.05, 4.69) is 26.1 Å². The summed E-state index contributed by atoms with van der Waals surface area (Å²) in [7, 11) is 1.33. The van der Waals surface area contributed by atoms with E-state index in [0.717, 1.165) is 18.1 Å². The molecule has 0 rings (SSSR count). The molecule has 0 fully saturated rings. The third-order valence-electron chi connectivity index (χ3n) is 2.02. The highest BCUT2D eigenvalue weighted by atomic mass is 28.1. The zero-order chi connectivity index (χ0) is 7.28. The van der Waals surface area contributed by atoms with Crippen LogP contribution in [0.25, 0.3) is 0 Å². The molecule has 2 heteroatoms. The summed E-state index contributed by atoms with van der Waals surface area (Å²) in [6.07, 6.45) is 1.33. The van der Waals surface area contributed by atoms with Gasteiger partial charge in [0.2, 0.25) is 0 Å². The Hall–Kier alpha value is 0.177. The zero-order valence-corrected chi connectivity index (χ0v) is 9.07. The van der Waals surface area contributed by atoms with Crippen LogP contribution in [0.4, 0.5) is 0 Å². The largest absolute Gasteiger partial charge is 0.315 e. The Morgan fingerprint density at radius 1 is 1.44 bits per heavy atom. The fourth-order valence-electron chi connectivity index (χ4n) is 0.877. The fraction of sp³-hybridized carbons (Fsp3) is 1.00. The minimum atomic E-state index is 0.742. The van der Waals surface area contributed by atoms with Crippen molar-refractivity contribution in [2.24, 2.45) is 0 Å². The Bertz CT molecular complexity index is 65.9. The molecule has 0 amide bonds. The maximum Gasteiger partial charge on any atom is 0.00868 e. The first-order chi connectivity index (χ1) is 4.22. The predicted molar refractivity (Wildman–Crippen MR) is 47.1 cm³/mol. The van der Waals surface area contributed by atoms with Gasteiger partial charge in [-0.3, -0.25) is 0 Å². The molecular formula is C7H19NSi. The van der Waals surface area contributed by atoms with Crippen molar-refractivity contribution in [3.8, 4) is 0 Å². The average molecular weight is 145 g/mol. The molecule has 1 N–H and O–H groups in total. The van der Waals surface area contributed by atoms with Gasteiger partial charge in [0.25, 0.3) is 0 Å². The molecule has 0 bridgehead atoms. The summed E-state index contributed by atoms with van der Waals surface area (Å²) >= 11 is 0. The van der Waals surface area contributed by atoms with Crippen molar-refractivity contribution in [2.45, 2.75) is 38.8 Å². The molecule has 0 spiro atoms. The molecule has 9 heavy (non-hydrogen) atoms. The van der Waals surface area contributed by atoms with E-state index in [9.17, 15) is 0 Å². The highest BCUT2D eigenvalue weighted by Crippen LogP contribution is 2.09. The van der Waals surface area contributed by atoms with Gasteiger partial charge in [0.05, 0.1) is 0 Å². The van der Waals surface area contributed by atoms with Crippen molar-refractivity contribution in [1.29, 1.82) is 0 Å². The monoisotopic (exact) mass is 145 g/mol. The van der Waals surface area contributed by atoms with Gasteiger partial charge in [-0.25, -0.2) is 0 Å². The minimum absolute atomic E-state index is 0.742. The topological polar surface area (TPSA) is 12.0 Å². The van der Waals surface area contributed by atoms with Gasteiger partial charge in [-0.2, -0.15) is 0 Å². The quantitative estimate of drug-likeness (QED) is 0.570.